The summed E-state index contributed by atoms with van der Waals surface area (Å²) < 4.78 is 0. The highest BCUT2D eigenvalue weighted by Gasteiger charge is 2.19. The molecule has 0 radical (unpaired) electrons. The van der Waals surface area contributed by atoms with Gasteiger partial charge in [0, 0.05) is 0 Å². The van der Waals surface area contributed by atoms with Crippen LogP contribution in [0.15, 0.2) is 24.3 Å². The van der Waals surface area contributed by atoms with E-state index >= 15 is 0 Å². The number of fused-ring (bicyclic) bond motifs is 1. The summed E-state index contributed by atoms with van der Waals surface area (Å²) in [5.74, 6) is 0. The Kier molecular flexibility index (Phi) is 2.80. The van der Waals surface area contributed by atoms with Crippen LogP contribution in [0, 0.1) is 0 Å². The number of aliphatic hydroxyl groups is 4. The minimum absolute atomic E-state index is 0.256. The average Bonchev–Trinajstić information content (AvgIpc) is 2.27. The van der Waals surface area contributed by atoms with Crippen LogP contribution in [-0.2, 0) is 0 Å². The number of nitrogens with zero attached hydrogens (tertiary/aromatic N) is 2. The van der Waals surface area contributed by atoms with Gasteiger partial charge >= 0.3 is 0 Å². The van der Waals surface area contributed by atoms with Crippen LogP contribution in [0.1, 0.15) is 24.0 Å². The van der Waals surface area contributed by atoms with Crippen molar-refractivity contribution < 1.29 is 20.4 Å². The Morgan fingerprint density at radius 3 is 1.44 bits per heavy atom. The van der Waals surface area contributed by atoms with E-state index in [1.165, 1.54) is 0 Å². The maximum absolute atomic E-state index is 9.04. The van der Waals surface area contributed by atoms with Gasteiger partial charge in [-0.25, -0.2) is 9.97 Å². The van der Waals surface area contributed by atoms with E-state index in [1.807, 2.05) is 0 Å². The minimum atomic E-state index is -1.89. The molecule has 1 aromatic heterocycles. The molecule has 0 atom stereocenters. The first kappa shape index (κ1) is 10.9. The lowest BCUT2D eigenvalue weighted by Gasteiger charge is -2.11. The van der Waals surface area contributed by atoms with Crippen molar-refractivity contribution in [1.29, 1.82) is 0 Å². The third-order valence-electron chi connectivity index (χ3n) is 2.12. The predicted octanol–water partition coefficient (Wildman–Crippen LogP) is -0.404. The van der Waals surface area contributed by atoms with Gasteiger partial charge in [-0.1, -0.05) is 12.1 Å². The molecule has 0 aliphatic carbocycles. The minimum Gasteiger partial charge on any atom is -0.363 e. The van der Waals surface area contributed by atoms with Gasteiger partial charge in [-0.15, -0.1) is 0 Å². The molecule has 0 saturated heterocycles. The fourth-order valence-electron chi connectivity index (χ4n) is 1.41. The van der Waals surface area contributed by atoms with E-state index in [1.54, 1.807) is 24.3 Å². The van der Waals surface area contributed by atoms with Crippen molar-refractivity contribution in [2.24, 2.45) is 0 Å². The smallest absolute Gasteiger partial charge is 0.198 e. The van der Waals surface area contributed by atoms with Crippen molar-refractivity contribution in [2.45, 2.75) is 12.6 Å². The SMILES string of the molecule is OC(O)c1nc2ccccc2nc1C(O)O. The molecule has 0 unspecified atom stereocenters. The van der Waals surface area contributed by atoms with Gasteiger partial charge in [-0.05, 0) is 12.1 Å². The van der Waals surface area contributed by atoms with Crippen molar-refractivity contribution in [3.8, 4) is 0 Å². The van der Waals surface area contributed by atoms with E-state index in [9.17, 15) is 0 Å². The molecule has 1 heterocycles. The van der Waals surface area contributed by atoms with Gasteiger partial charge in [0.05, 0.1) is 11.0 Å². The maximum Gasteiger partial charge on any atom is 0.198 e. The highest BCUT2D eigenvalue weighted by Crippen LogP contribution is 2.20. The third-order valence-corrected chi connectivity index (χ3v) is 2.12. The van der Waals surface area contributed by atoms with Crippen LogP contribution in [0.5, 0.6) is 0 Å². The van der Waals surface area contributed by atoms with Crippen molar-refractivity contribution in [2.75, 3.05) is 0 Å². The van der Waals surface area contributed by atoms with E-state index in [0.717, 1.165) is 0 Å². The van der Waals surface area contributed by atoms with Crippen molar-refractivity contribution >= 4 is 11.0 Å². The Bertz CT molecular complexity index is 467. The van der Waals surface area contributed by atoms with Gasteiger partial charge in [-0.2, -0.15) is 0 Å². The number of aliphatic hydroxyl groups excluding tert-OH is 2. The van der Waals surface area contributed by atoms with Crippen LogP contribution in [0.4, 0.5) is 0 Å². The van der Waals surface area contributed by atoms with Gasteiger partial charge in [0.1, 0.15) is 11.4 Å². The standard InChI is InChI=1S/C10H10N2O4/c13-9(14)7-8(10(15)16)12-6-4-2-1-3-5(6)11-7/h1-4,9-10,13-16H. The number of rotatable bonds is 2. The second-order valence-corrected chi connectivity index (χ2v) is 3.23. The Balaban J connectivity index is 2.71. The van der Waals surface area contributed by atoms with Crippen molar-refractivity contribution in [3.05, 3.63) is 35.7 Å². The Labute approximate surface area is 90.5 Å². The fourth-order valence-corrected chi connectivity index (χ4v) is 1.41. The molecule has 0 fully saturated rings. The second kappa shape index (κ2) is 4.11. The van der Waals surface area contributed by atoms with E-state index in [0.29, 0.717) is 11.0 Å². The molecule has 1 aromatic carbocycles. The summed E-state index contributed by atoms with van der Waals surface area (Å²) in [6.45, 7) is 0. The van der Waals surface area contributed by atoms with Gasteiger partial charge in [0.2, 0.25) is 0 Å². The Morgan fingerprint density at radius 1 is 0.750 bits per heavy atom. The first-order valence-corrected chi connectivity index (χ1v) is 4.58. The summed E-state index contributed by atoms with van der Waals surface area (Å²) in [6, 6.07) is 6.72. The van der Waals surface area contributed by atoms with Gasteiger partial charge < -0.3 is 20.4 Å². The van der Waals surface area contributed by atoms with E-state index in [2.05, 4.69) is 9.97 Å². The van der Waals surface area contributed by atoms with Gasteiger partial charge in [-0.3, -0.25) is 0 Å². The molecule has 6 nitrogen and oxygen atoms in total. The first-order valence-electron chi connectivity index (χ1n) is 4.58. The molecular weight excluding hydrogens is 212 g/mol. The lowest BCUT2D eigenvalue weighted by atomic mass is 10.2. The molecule has 4 N–H and O–H groups in total. The highest BCUT2D eigenvalue weighted by atomic mass is 16.5. The molecule has 0 aliphatic heterocycles. The number of hydrogen-bond donors (Lipinski definition) is 4. The Hall–Kier alpha value is -1.60. The quantitative estimate of drug-likeness (QED) is 0.515. The zero-order valence-electron chi connectivity index (χ0n) is 8.15. The van der Waals surface area contributed by atoms with Crippen LogP contribution in [-0.4, -0.2) is 30.4 Å². The van der Waals surface area contributed by atoms with Crippen molar-refractivity contribution in [1.82, 2.24) is 9.97 Å². The molecule has 2 rings (SSSR count). The zero-order valence-corrected chi connectivity index (χ0v) is 8.15. The molecule has 0 spiro atoms. The van der Waals surface area contributed by atoms with Crippen LogP contribution in [0.2, 0.25) is 0 Å². The largest absolute Gasteiger partial charge is 0.363 e. The van der Waals surface area contributed by atoms with Crippen LogP contribution < -0.4 is 0 Å². The Morgan fingerprint density at radius 2 is 1.12 bits per heavy atom. The van der Waals surface area contributed by atoms with Crippen LogP contribution in [0.25, 0.3) is 11.0 Å². The van der Waals surface area contributed by atoms with Gasteiger partial charge in [0.15, 0.2) is 12.6 Å². The summed E-state index contributed by atoms with van der Waals surface area (Å²) in [5.41, 5.74) is 0.396. The topological polar surface area (TPSA) is 107 Å². The molecule has 2 aromatic rings. The molecule has 6 heteroatoms. The lowest BCUT2D eigenvalue weighted by Crippen LogP contribution is -2.11. The van der Waals surface area contributed by atoms with Crippen molar-refractivity contribution in [3.63, 3.8) is 0 Å². The molecule has 0 aliphatic rings. The molecular formula is C10H10N2O4. The third kappa shape index (κ3) is 1.86. The zero-order chi connectivity index (χ0) is 11.7. The molecule has 0 amide bonds. The fraction of sp³-hybridized carbons (Fsp3) is 0.200. The summed E-state index contributed by atoms with van der Waals surface area (Å²) in [4.78, 5) is 7.83. The summed E-state index contributed by atoms with van der Waals surface area (Å²) in [6.07, 6.45) is -3.79. The number of hydrogen-bond acceptors (Lipinski definition) is 6. The number of benzene rings is 1. The molecule has 84 valence electrons. The van der Waals surface area contributed by atoms with Crippen LogP contribution >= 0.6 is 0 Å². The van der Waals surface area contributed by atoms with Gasteiger partial charge in [0.25, 0.3) is 0 Å². The predicted molar refractivity (Wildman–Crippen MR) is 53.9 cm³/mol. The van der Waals surface area contributed by atoms with E-state index in [4.69, 9.17) is 20.4 Å². The maximum atomic E-state index is 9.04. The van der Waals surface area contributed by atoms with E-state index < -0.39 is 12.6 Å². The summed E-state index contributed by atoms with van der Waals surface area (Å²) in [7, 11) is 0. The second-order valence-electron chi connectivity index (χ2n) is 3.23. The molecule has 0 bridgehead atoms. The van der Waals surface area contributed by atoms with E-state index in [-0.39, 0.29) is 11.4 Å². The first-order chi connectivity index (χ1) is 7.59. The molecule has 0 saturated carbocycles. The monoisotopic (exact) mass is 222 g/mol. The molecule has 16 heavy (non-hydrogen) atoms. The number of aromatic nitrogens is 2. The summed E-state index contributed by atoms with van der Waals surface area (Å²) in [5, 5.41) is 36.2. The summed E-state index contributed by atoms with van der Waals surface area (Å²) >= 11 is 0. The number of para-hydroxylation sites is 2. The normalized spacial score (nSPS) is 11.6. The average molecular weight is 222 g/mol. The lowest BCUT2D eigenvalue weighted by molar-refractivity contribution is -0.0682. The highest BCUT2D eigenvalue weighted by molar-refractivity contribution is 5.74. The van der Waals surface area contributed by atoms with Crippen LogP contribution in [0.3, 0.4) is 0 Å².